The second kappa shape index (κ2) is 5.97. The summed E-state index contributed by atoms with van der Waals surface area (Å²) in [7, 11) is 0. The Bertz CT molecular complexity index is 470. The first kappa shape index (κ1) is 15.7. The Balaban J connectivity index is 1.85. The van der Waals surface area contributed by atoms with Crippen LogP contribution in [-0.4, -0.2) is 39.5 Å². The predicted molar refractivity (Wildman–Crippen MR) is 83.0 cm³/mol. The van der Waals surface area contributed by atoms with Gasteiger partial charge in [0, 0.05) is 29.5 Å². The number of nitrogens with one attached hydrogen (secondary N) is 3. The lowest BCUT2D eigenvalue weighted by molar-refractivity contribution is -0.120. The highest BCUT2D eigenvalue weighted by Crippen LogP contribution is 2.28. The summed E-state index contributed by atoms with van der Waals surface area (Å²) in [6.45, 7) is 8.87. The van der Waals surface area contributed by atoms with Gasteiger partial charge in [-0.1, -0.05) is 0 Å². The zero-order valence-corrected chi connectivity index (χ0v) is 13.2. The van der Waals surface area contributed by atoms with E-state index >= 15 is 0 Å². The van der Waals surface area contributed by atoms with E-state index in [2.05, 4.69) is 53.6 Å². The monoisotopic (exact) mass is 291 g/mol. The normalized spacial score (nSPS) is 20.8. The summed E-state index contributed by atoms with van der Waals surface area (Å²) < 4.78 is 0. The smallest absolute Gasteiger partial charge is 0.239 e. The number of rotatable bonds is 4. The second-order valence-electron chi connectivity index (χ2n) is 6.99. The molecule has 21 heavy (non-hydrogen) atoms. The van der Waals surface area contributed by atoms with Crippen molar-refractivity contribution in [2.75, 3.05) is 11.9 Å². The molecule has 3 N–H and O–H groups in total. The van der Waals surface area contributed by atoms with Crippen molar-refractivity contribution in [3.8, 4) is 0 Å². The maximum atomic E-state index is 12.1. The Morgan fingerprint density at radius 1 is 1.24 bits per heavy atom. The van der Waals surface area contributed by atoms with Crippen molar-refractivity contribution in [1.82, 2.24) is 20.6 Å². The lowest BCUT2D eigenvalue weighted by atomic mass is 9.79. The van der Waals surface area contributed by atoms with E-state index in [1.54, 1.807) is 18.5 Å². The number of hydrogen-bond acceptors (Lipinski definition) is 5. The molecule has 1 fully saturated rings. The lowest BCUT2D eigenvalue weighted by Crippen LogP contribution is -2.62. The second-order valence-corrected chi connectivity index (χ2v) is 6.99. The van der Waals surface area contributed by atoms with Gasteiger partial charge in [0.1, 0.15) is 0 Å². The summed E-state index contributed by atoms with van der Waals surface area (Å²) in [5.74, 6) is 0.444. The molecule has 1 aromatic heterocycles. The van der Waals surface area contributed by atoms with Gasteiger partial charge in [0.05, 0.1) is 6.54 Å². The van der Waals surface area contributed by atoms with Crippen LogP contribution in [0.3, 0.4) is 0 Å². The van der Waals surface area contributed by atoms with Crippen molar-refractivity contribution < 1.29 is 4.79 Å². The lowest BCUT2D eigenvalue weighted by Gasteiger charge is -2.46. The Labute approximate surface area is 126 Å². The number of piperidine rings is 1. The summed E-state index contributed by atoms with van der Waals surface area (Å²) in [6.07, 6.45) is 5.13. The van der Waals surface area contributed by atoms with Crippen LogP contribution in [0.2, 0.25) is 0 Å². The molecule has 0 saturated carbocycles. The standard InChI is InChI=1S/C15H25N5O/c1-14(2)8-11(9-15(3,4)20-14)19-12(21)10-18-13-16-6-5-7-17-13/h5-7,11,20H,8-10H2,1-4H3,(H,19,21)(H,16,17,18). The third-order valence-electron chi connectivity index (χ3n) is 3.53. The summed E-state index contributed by atoms with van der Waals surface area (Å²) in [5, 5.41) is 9.64. The molecule has 1 aliphatic heterocycles. The largest absolute Gasteiger partial charge is 0.352 e. The average molecular weight is 291 g/mol. The molecule has 0 unspecified atom stereocenters. The topological polar surface area (TPSA) is 78.9 Å². The van der Waals surface area contributed by atoms with E-state index in [0.717, 1.165) is 12.8 Å². The predicted octanol–water partition coefficient (Wildman–Crippen LogP) is 1.31. The van der Waals surface area contributed by atoms with E-state index in [9.17, 15) is 4.79 Å². The first-order chi connectivity index (χ1) is 9.76. The number of anilines is 1. The van der Waals surface area contributed by atoms with Gasteiger partial charge in [-0.2, -0.15) is 0 Å². The molecule has 1 saturated heterocycles. The highest BCUT2D eigenvalue weighted by atomic mass is 16.2. The van der Waals surface area contributed by atoms with Gasteiger partial charge in [0.25, 0.3) is 0 Å². The van der Waals surface area contributed by atoms with Crippen molar-refractivity contribution in [3.63, 3.8) is 0 Å². The molecular weight excluding hydrogens is 266 g/mol. The molecule has 6 heteroatoms. The minimum absolute atomic E-state index is 0.0235. The maximum absolute atomic E-state index is 12.1. The number of hydrogen-bond donors (Lipinski definition) is 3. The van der Waals surface area contributed by atoms with Crippen molar-refractivity contribution in [2.24, 2.45) is 0 Å². The quantitative estimate of drug-likeness (QED) is 0.779. The van der Waals surface area contributed by atoms with Gasteiger partial charge in [-0.05, 0) is 46.6 Å². The Kier molecular flexibility index (Phi) is 4.46. The van der Waals surface area contributed by atoms with Gasteiger partial charge in [-0.3, -0.25) is 4.79 Å². The Morgan fingerprint density at radius 2 is 1.81 bits per heavy atom. The summed E-state index contributed by atoms with van der Waals surface area (Å²) in [6, 6.07) is 1.92. The zero-order chi connectivity index (χ0) is 15.5. The van der Waals surface area contributed by atoms with Gasteiger partial charge in [0.2, 0.25) is 11.9 Å². The minimum Gasteiger partial charge on any atom is -0.352 e. The highest BCUT2D eigenvalue weighted by molar-refractivity contribution is 5.80. The molecule has 6 nitrogen and oxygen atoms in total. The van der Waals surface area contributed by atoms with Crippen molar-refractivity contribution in [3.05, 3.63) is 18.5 Å². The van der Waals surface area contributed by atoms with E-state index in [1.165, 1.54) is 0 Å². The average Bonchev–Trinajstić information content (AvgIpc) is 2.33. The number of carbonyl (C=O) groups is 1. The molecule has 0 aliphatic carbocycles. The number of aromatic nitrogens is 2. The number of amides is 1. The molecule has 1 aromatic rings. The molecule has 2 heterocycles. The van der Waals surface area contributed by atoms with Crippen LogP contribution in [0.25, 0.3) is 0 Å². The van der Waals surface area contributed by atoms with Crippen LogP contribution in [0.1, 0.15) is 40.5 Å². The van der Waals surface area contributed by atoms with Gasteiger partial charge >= 0.3 is 0 Å². The molecule has 116 valence electrons. The number of carbonyl (C=O) groups excluding carboxylic acids is 1. The molecule has 0 radical (unpaired) electrons. The van der Waals surface area contributed by atoms with Crippen molar-refractivity contribution in [1.29, 1.82) is 0 Å². The van der Waals surface area contributed by atoms with E-state index < -0.39 is 0 Å². The third kappa shape index (κ3) is 4.97. The molecular formula is C15H25N5O. The molecule has 0 aromatic carbocycles. The van der Waals surface area contributed by atoms with Crippen LogP contribution in [0.15, 0.2) is 18.5 Å². The fourth-order valence-corrected chi connectivity index (χ4v) is 3.25. The highest BCUT2D eigenvalue weighted by Gasteiger charge is 2.38. The van der Waals surface area contributed by atoms with Crippen LogP contribution in [-0.2, 0) is 4.79 Å². The van der Waals surface area contributed by atoms with Crippen molar-refractivity contribution >= 4 is 11.9 Å². The molecule has 0 bridgehead atoms. The first-order valence-electron chi connectivity index (χ1n) is 7.35. The summed E-state index contributed by atoms with van der Waals surface area (Å²) in [5.41, 5.74) is 0.0470. The number of nitrogens with zero attached hydrogens (tertiary/aromatic N) is 2. The minimum atomic E-state index is -0.0269. The maximum Gasteiger partial charge on any atom is 0.239 e. The third-order valence-corrected chi connectivity index (χ3v) is 3.53. The van der Waals surface area contributed by atoms with E-state index in [1.807, 2.05) is 0 Å². The van der Waals surface area contributed by atoms with Crippen LogP contribution in [0, 0.1) is 0 Å². The summed E-state index contributed by atoms with van der Waals surface area (Å²) in [4.78, 5) is 20.1. The van der Waals surface area contributed by atoms with Gasteiger partial charge in [-0.15, -0.1) is 0 Å². The van der Waals surface area contributed by atoms with Gasteiger partial charge in [-0.25, -0.2) is 9.97 Å². The molecule has 1 amide bonds. The fraction of sp³-hybridized carbons (Fsp3) is 0.667. The fourth-order valence-electron chi connectivity index (χ4n) is 3.25. The molecule has 2 rings (SSSR count). The van der Waals surface area contributed by atoms with E-state index in [0.29, 0.717) is 5.95 Å². The summed E-state index contributed by atoms with van der Waals surface area (Å²) >= 11 is 0. The van der Waals surface area contributed by atoms with Crippen molar-refractivity contribution in [2.45, 2.75) is 57.7 Å². The zero-order valence-electron chi connectivity index (χ0n) is 13.2. The Morgan fingerprint density at radius 3 is 2.38 bits per heavy atom. The first-order valence-corrected chi connectivity index (χ1v) is 7.35. The van der Waals surface area contributed by atoms with E-state index in [-0.39, 0.29) is 29.6 Å². The van der Waals surface area contributed by atoms with Crippen LogP contribution in [0.5, 0.6) is 0 Å². The van der Waals surface area contributed by atoms with Crippen LogP contribution >= 0.6 is 0 Å². The van der Waals surface area contributed by atoms with Crippen LogP contribution < -0.4 is 16.0 Å². The van der Waals surface area contributed by atoms with Gasteiger partial charge in [0.15, 0.2) is 0 Å². The Hall–Kier alpha value is -1.69. The SMILES string of the molecule is CC1(C)CC(NC(=O)CNc2ncccn2)CC(C)(C)N1. The van der Waals surface area contributed by atoms with Crippen LogP contribution in [0.4, 0.5) is 5.95 Å². The molecule has 0 spiro atoms. The molecule has 1 aliphatic rings. The molecule has 0 atom stereocenters. The van der Waals surface area contributed by atoms with E-state index in [4.69, 9.17) is 0 Å². The van der Waals surface area contributed by atoms with Gasteiger partial charge < -0.3 is 16.0 Å².